The Morgan fingerprint density at radius 1 is 0.361 bits per heavy atom. The summed E-state index contributed by atoms with van der Waals surface area (Å²) in [6.45, 7) is 10.6. The molecule has 0 bridgehead atoms. The van der Waals surface area contributed by atoms with Gasteiger partial charge in [-0.15, -0.1) is 0 Å². The molecule has 0 saturated carbocycles. The molecule has 6 heteroatoms. The molecule has 0 aliphatic carbocycles. The van der Waals surface area contributed by atoms with Gasteiger partial charge < -0.3 is 34.4 Å². The minimum atomic E-state index is 0.250. The van der Waals surface area contributed by atoms with E-state index in [-0.39, 0.29) is 6.67 Å². The van der Waals surface area contributed by atoms with Crippen molar-refractivity contribution in [3.63, 3.8) is 0 Å². The van der Waals surface area contributed by atoms with Gasteiger partial charge in [-0.3, -0.25) is 0 Å². The summed E-state index contributed by atoms with van der Waals surface area (Å²) in [7, 11) is 0. The van der Waals surface area contributed by atoms with Gasteiger partial charge in [0.1, 0.15) is 0 Å². The topological polar surface area (TPSA) is 156 Å². The molecule has 0 amide bonds. The van der Waals surface area contributed by atoms with Crippen LogP contribution in [0.25, 0.3) is 0 Å². The summed E-state index contributed by atoms with van der Waals surface area (Å²) in [6, 6.07) is 0. The first-order valence-corrected chi connectivity index (χ1v) is 15.8. The van der Waals surface area contributed by atoms with Crippen LogP contribution in [-0.2, 0) is 0 Å². The molecule has 0 unspecified atom stereocenters. The second-order valence-corrected chi connectivity index (χ2v) is 10.1. The van der Waals surface area contributed by atoms with Crippen molar-refractivity contribution in [1.82, 2.24) is 0 Å². The molecule has 0 atom stereocenters. The highest BCUT2D eigenvalue weighted by atomic mass is 14.7. The highest BCUT2D eigenvalue weighted by Crippen LogP contribution is 2.14. The van der Waals surface area contributed by atoms with Crippen molar-refractivity contribution in [1.29, 1.82) is 0 Å². The minimum Gasteiger partial charge on any atom is -0.330 e. The first kappa shape index (κ1) is 42.8. The quantitative estimate of drug-likeness (QED) is 0.0667. The molecule has 0 aliphatic rings. The lowest BCUT2D eigenvalue weighted by Crippen LogP contribution is -2.08. The van der Waals surface area contributed by atoms with Crippen LogP contribution in [0.4, 0.5) is 0 Å². The van der Waals surface area contributed by atoms with E-state index in [0.717, 1.165) is 32.1 Å². The van der Waals surface area contributed by atoms with Gasteiger partial charge in [-0.1, -0.05) is 130 Å². The Kier molecular flexibility index (Phi) is 57.0. The molecule has 0 heterocycles. The van der Waals surface area contributed by atoms with E-state index in [1.807, 2.05) is 0 Å². The number of hydrogen-bond donors (Lipinski definition) is 6. The number of rotatable bonds is 23. The van der Waals surface area contributed by atoms with Gasteiger partial charge in [0.2, 0.25) is 0 Å². The average Bonchev–Trinajstić information content (AvgIpc) is 2.88. The first-order chi connectivity index (χ1) is 17.6. The van der Waals surface area contributed by atoms with Gasteiger partial charge in [-0.25, -0.2) is 0 Å². The highest BCUT2D eigenvalue weighted by molar-refractivity contribution is 4.52. The van der Waals surface area contributed by atoms with Gasteiger partial charge in [0.05, 0.1) is 0 Å². The molecule has 12 N–H and O–H groups in total. The van der Waals surface area contributed by atoms with Crippen molar-refractivity contribution >= 4 is 0 Å². The summed E-state index contributed by atoms with van der Waals surface area (Å²) >= 11 is 0. The Balaban J connectivity index is -0.000000202. The van der Waals surface area contributed by atoms with Crippen molar-refractivity contribution in [3.8, 4) is 0 Å². The summed E-state index contributed by atoms with van der Waals surface area (Å²) in [5.74, 6) is 0.972. The lowest BCUT2D eigenvalue weighted by atomic mass is 9.98. The standard InChI is InChI=1S/C10H24N2.C10H22.C9H22N2.CH6N2/c11-9-7-5-3-1-2-4-6-8-10-12;1-4-6-8-10(3)9-7-5-2;10-8-6-4-2-1-3-5-7-9-11;2-1-3/h1-12H2;10H,4-9H2,1-3H3;1-11H2;1-3H2. The maximum Gasteiger partial charge on any atom is 0.0403 e. The Labute approximate surface area is 228 Å². The Bertz CT molecular complexity index is 279. The number of hydrogen-bond acceptors (Lipinski definition) is 6. The molecular formula is C30H74N6. The summed E-state index contributed by atoms with van der Waals surface area (Å²) < 4.78 is 0. The van der Waals surface area contributed by atoms with E-state index in [1.54, 1.807) is 0 Å². The molecule has 0 spiro atoms. The van der Waals surface area contributed by atoms with Crippen LogP contribution >= 0.6 is 0 Å². The van der Waals surface area contributed by atoms with Crippen molar-refractivity contribution < 1.29 is 0 Å². The Hall–Kier alpha value is -0.240. The molecule has 0 aromatic rings. The summed E-state index contributed by atoms with van der Waals surface area (Å²) in [5, 5.41) is 0. The van der Waals surface area contributed by atoms with Gasteiger partial charge in [0.15, 0.2) is 0 Å². The van der Waals surface area contributed by atoms with E-state index < -0.39 is 0 Å². The zero-order valence-corrected chi connectivity index (χ0v) is 25.4. The molecular weight excluding hydrogens is 444 g/mol. The van der Waals surface area contributed by atoms with Gasteiger partial charge in [-0.2, -0.15) is 0 Å². The third kappa shape index (κ3) is 59.1. The third-order valence-electron chi connectivity index (χ3n) is 6.17. The molecule has 224 valence electrons. The molecule has 36 heavy (non-hydrogen) atoms. The van der Waals surface area contributed by atoms with E-state index in [2.05, 4.69) is 32.2 Å². The minimum absolute atomic E-state index is 0.250. The van der Waals surface area contributed by atoms with Crippen molar-refractivity contribution in [2.45, 2.75) is 156 Å². The van der Waals surface area contributed by atoms with Gasteiger partial charge >= 0.3 is 0 Å². The SMILES string of the molecule is CCCCC(C)CCCC.NCCCCCCCCCCN.NCCCCCCCCCN.NCN. The maximum atomic E-state index is 5.40. The molecule has 0 aromatic carbocycles. The lowest BCUT2D eigenvalue weighted by Gasteiger charge is -2.08. The lowest BCUT2D eigenvalue weighted by molar-refractivity contribution is 0.454. The zero-order chi connectivity index (χ0) is 28.0. The highest BCUT2D eigenvalue weighted by Gasteiger charge is 1.98. The van der Waals surface area contributed by atoms with Crippen molar-refractivity contribution in [3.05, 3.63) is 0 Å². The van der Waals surface area contributed by atoms with Crippen LogP contribution in [0.3, 0.4) is 0 Å². The Morgan fingerprint density at radius 3 is 0.722 bits per heavy atom. The molecule has 0 rings (SSSR count). The van der Waals surface area contributed by atoms with Crippen LogP contribution in [0.15, 0.2) is 0 Å². The van der Waals surface area contributed by atoms with E-state index in [1.165, 1.54) is 135 Å². The first-order valence-electron chi connectivity index (χ1n) is 15.8. The van der Waals surface area contributed by atoms with Crippen molar-refractivity contribution in [2.75, 3.05) is 32.8 Å². The normalized spacial score (nSPS) is 10.2. The molecule has 0 radical (unpaired) electrons. The second kappa shape index (κ2) is 47.9. The predicted octanol–water partition coefficient (Wildman–Crippen LogP) is 6.52. The summed E-state index contributed by atoms with van der Waals surface area (Å²) in [5.41, 5.74) is 30.8. The smallest absolute Gasteiger partial charge is 0.0403 e. The molecule has 0 aliphatic heterocycles. The van der Waals surface area contributed by atoms with Crippen LogP contribution in [0.1, 0.15) is 156 Å². The van der Waals surface area contributed by atoms with Gasteiger partial charge in [0.25, 0.3) is 0 Å². The molecule has 6 nitrogen and oxygen atoms in total. The predicted molar refractivity (Wildman–Crippen MR) is 167 cm³/mol. The van der Waals surface area contributed by atoms with Crippen LogP contribution in [0, 0.1) is 5.92 Å². The second-order valence-electron chi connectivity index (χ2n) is 10.1. The van der Waals surface area contributed by atoms with E-state index in [0.29, 0.717) is 0 Å². The van der Waals surface area contributed by atoms with Crippen LogP contribution < -0.4 is 34.4 Å². The fourth-order valence-electron chi connectivity index (χ4n) is 3.77. The Morgan fingerprint density at radius 2 is 0.556 bits per heavy atom. The maximum absolute atomic E-state index is 5.40. The third-order valence-corrected chi connectivity index (χ3v) is 6.17. The van der Waals surface area contributed by atoms with E-state index in [4.69, 9.17) is 22.9 Å². The largest absolute Gasteiger partial charge is 0.330 e. The summed E-state index contributed by atoms with van der Waals surface area (Å²) in [4.78, 5) is 0. The monoisotopic (exact) mass is 519 g/mol. The number of unbranched alkanes of at least 4 members (excludes halogenated alkanes) is 15. The fourth-order valence-corrected chi connectivity index (χ4v) is 3.77. The van der Waals surface area contributed by atoms with Crippen LogP contribution in [-0.4, -0.2) is 32.8 Å². The zero-order valence-electron chi connectivity index (χ0n) is 25.4. The van der Waals surface area contributed by atoms with Gasteiger partial charge in [-0.05, 0) is 57.8 Å². The molecule has 0 saturated heterocycles. The molecule has 0 aromatic heterocycles. The van der Waals surface area contributed by atoms with Crippen LogP contribution in [0.2, 0.25) is 0 Å². The van der Waals surface area contributed by atoms with Crippen LogP contribution in [0.5, 0.6) is 0 Å². The van der Waals surface area contributed by atoms with E-state index >= 15 is 0 Å². The fraction of sp³-hybridized carbons (Fsp3) is 1.00. The van der Waals surface area contributed by atoms with Gasteiger partial charge in [0, 0.05) is 6.67 Å². The summed E-state index contributed by atoms with van der Waals surface area (Å²) in [6.07, 6.45) is 28.0. The average molecular weight is 519 g/mol. The van der Waals surface area contributed by atoms with E-state index in [9.17, 15) is 0 Å². The number of nitrogens with two attached hydrogens (primary N) is 6. The van der Waals surface area contributed by atoms with Crippen molar-refractivity contribution in [2.24, 2.45) is 40.3 Å². The molecule has 0 fully saturated rings.